The van der Waals surface area contributed by atoms with Gasteiger partial charge in [-0.2, -0.15) is 0 Å². The summed E-state index contributed by atoms with van der Waals surface area (Å²) >= 11 is 6.34. The normalized spacial score (nSPS) is 23.2. The highest BCUT2D eigenvalue weighted by molar-refractivity contribution is 6.33. The molecule has 2 atom stereocenters. The second-order valence-corrected chi connectivity index (χ2v) is 5.60. The Morgan fingerprint density at radius 1 is 1.39 bits per heavy atom. The van der Waals surface area contributed by atoms with E-state index in [9.17, 15) is 5.11 Å². The number of anilines is 1. The van der Waals surface area contributed by atoms with E-state index in [4.69, 9.17) is 11.6 Å². The van der Waals surface area contributed by atoms with Gasteiger partial charge in [0.05, 0.1) is 16.8 Å². The van der Waals surface area contributed by atoms with Crippen LogP contribution in [0.5, 0.6) is 0 Å². The van der Waals surface area contributed by atoms with Gasteiger partial charge < -0.3 is 14.9 Å². The van der Waals surface area contributed by atoms with E-state index < -0.39 is 6.10 Å². The van der Waals surface area contributed by atoms with Gasteiger partial charge in [-0.15, -0.1) is 0 Å². The van der Waals surface area contributed by atoms with Crippen molar-refractivity contribution in [2.75, 3.05) is 31.6 Å². The number of nitrogens with zero attached hydrogens (tertiary/aromatic N) is 2. The van der Waals surface area contributed by atoms with E-state index in [2.05, 4.69) is 23.8 Å². The van der Waals surface area contributed by atoms with E-state index in [1.54, 1.807) is 6.92 Å². The number of likely N-dealkylation sites (N-methyl/N-ethyl adjacent to an activating group) is 1. The van der Waals surface area contributed by atoms with Gasteiger partial charge in [0.2, 0.25) is 0 Å². The second kappa shape index (κ2) is 5.47. The van der Waals surface area contributed by atoms with Gasteiger partial charge in [-0.1, -0.05) is 17.7 Å². The molecule has 0 bridgehead atoms. The first kappa shape index (κ1) is 13.7. The monoisotopic (exact) mass is 268 g/mol. The molecule has 0 radical (unpaired) electrons. The number of rotatable bonds is 2. The molecular formula is C14H21ClN2O. The van der Waals surface area contributed by atoms with Crippen LogP contribution in [0.25, 0.3) is 0 Å². The first-order chi connectivity index (χ1) is 8.49. The van der Waals surface area contributed by atoms with Crippen molar-refractivity contribution in [2.24, 2.45) is 0 Å². The van der Waals surface area contributed by atoms with E-state index in [1.807, 2.05) is 18.2 Å². The molecule has 1 saturated heterocycles. The molecule has 1 aliphatic rings. The van der Waals surface area contributed by atoms with Crippen LogP contribution >= 0.6 is 11.6 Å². The van der Waals surface area contributed by atoms with Gasteiger partial charge >= 0.3 is 0 Å². The molecule has 18 heavy (non-hydrogen) atoms. The molecule has 4 heteroatoms. The molecule has 1 N–H and O–H groups in total. The molecule has 1 unspecified atom stereocenters. The maximum atomic E-state index is 9.56. The summed E-state index contributed by atoms with van der Waals surface area (Å²) in [6.07, 6.45) is -0.471. The highest BCUT2D eigenvalue weighted by atomic mass is 35.5. The predicted molar refractivity (Wildman–Crippen MR) is 76.4 cm³/mol. The van der Waals surface area contributed by atoms with Crippen LogP contribution in [0.15, 0.2) is 18.2 Å². The molecule has 1 heterocycles. The standard InChI is InChI=1S/C14H21ClN2O/c1-10-9-16(3)6-7-17(10)14-5-4-12(11(2)18)8-13(14)15/h4-5,8,10-11,18H,6-7,9H2,1-3H3/t10?,11-/m0/s1. The first-order valence-electron chi connectivity index (χ1n) is 6.41. The number of aliphatic hydroxyl groups excluding tert-OH is 1. The molecule has 1 aromatic carbocycles. The SMILES string of the molecule is CC1CN(C)CCN1c1ccc([C@H](C)O)cc1Cl. The van der Waals surface area contributed by atoms with Crippen molar-refractivity contribution in [2.45, 2.75) is 26.0 Å². The average Bonchev–Trinajstić information content (AvgIpc) is 2.30. The van der Waals surface area contributed by atoms with Gasteiger partial charge in [-0.3, -0.25) is 0 Å². The topological polar surface area (TPSA) is 26.7 Å². The van der Waals surface area contributed by atoms with Crippen LogP contribution in [-0.4, -0.2) is 42.7 Å². The summed E-state index contributed by atoms with van der Waals surface area (Å²) in [7, 11) is 2.14. The Morgan fingerprint density at radius 3 is 2.67 bits per heavy atom. The summed E-state index contributed by atoms with van der Waals surface area (Å²) in [5.74, 6) is 0. The maximum absolute atomic E-state index is 9.56. The Morgan fingerprint density at radius 2 is 2.11 bits per heavy atom. The predicted octanol–water partition coefficient (Wildman–Crippen LogP) is 2.53. The van der Waals surface area contributed by atoms with E-state index in [1.165, 1.54) is 0 Å². The molecule has 1 aromatic rings. The van der Waals surface area contributed by atoms with E-state index >= 15 is 0 Å². The van der Waals surface area contributed by atoms with Crippen LogP contribution < -0.4 is 4.90 Å². The lowest BCUT2D eigenvalue weighted by Gasteiger charge is -2.40. The molecular weight excluding hydrogens is 248 g/mol. The number of hydrogen-bond donors (Lipinski definition) is 1. The Bertz CT molecular complexity index is 422. The van der Waals surface area contributed by atoms with Crippen molar-refractivity contribution in [3.8, 4) is 0 Å². The molecule has 0 amide bonds. The van der Waals surface area contributed by atoms with E-state index in [0.717, 1.165) is 35.9 Å². The lowest BCUT2D eigenvalue weighted by Crippen LogP contribution is -2.50. The smallest absolute Gasteiger partial charge is 0.0762 e. The molecule has 0 aliphatic carbocycles. The van der Waals surface area contributed by atoms with E-state index in [0.29, 0.717) is 6.04 Å². The lowest BCUT2D eigenvalue weighted by atomic mass is 10.1. The van der Waals surface area contributed by atoms with Crippen molar-refractivity contribution in [3.05, 3.63) is 28.8 Å². The summed E-state index contributed by atoms with van der Waals surface area (Å²) in [6.45, 7) is 7.07. The van der Waals surface area contributed by atoms with Gasteiger partial charge in [0.1, 0.15) is 0 Å². The van der Waals surface area contributed by atoms with Gasteiger partial charge in [0, 0.05) is 25.7 Å². The summed E-state index contributed by atoms with van der Waals surface area (Å²) in [5, 5.41) is 10.3. The second-order valence-electron chi connectivity index (χ2n) is 5.19. The third kappa shape index (κ3) is 2.79. The highest BCUT2D eigenvalue weighted by Crippen LogP contribution is 2.31. The number of piperazine rings is 1. The van der Waals surface area contributed by atoms with Crippen LogP contribution in [-0.2, 0) is 0 Å². The lowest BCUT2D eigenvalue weighted by molar-refractivity contribution is 0.199. The minimum atomic E-state index is -0.471. The van der Waals surface area contributed by atoms with E-state index in [-0.39, 0.29) is 0 Å². The van der Waals surface area contributed by atoms with Crippen LogP contribution in [0.3, 0.4) is 0 Å². The van der Waals surface area contributed by atoms with Gasteiger partial charge in [-0.05, 0) is 38.6 Å². The Hall–Kier alpha value is -0.770. The minimum Gasteiger partial charge on any atom is -0.389 e. The van der Waals surface area contributed by atoms with Gasteiger partial charge in [-0.25, -0.2) is 0 Å². The average molecular weight is 269 g/mol. The number of hydrogen-bond acceptors (Lipinski definition) is 3. The third-order valence-electron chi connectivity index (χ3n) is 3.59. The van der Waals surface area contributed by atoms with Crippen LogP contribution in [0, 0.1) is 0 Å². The van der Waals surface area contributed by atoms with Gasteiger partial charge in [0.15, 0.2) is 0 Å². The van der Waals surface area contributed by atoms with Crippen molar-refractivity contribution < 1.29 is 5.11 Å². The molecule has 0 aromatic heterocycles. The third-order valence-corrected chi connectivity index (χ3v) is 3.90. The molecule has 1 aliphatic heterocycles. The number of benzene rings is 1. The summed E-state index contributed by atoms with van der Waals surface area (Å²) in [6, 6.07) is 6.30. The summed E-state index contributed by atoms with van der Waals surface area (Å²) in [5.41, 5.74) is 1.94. The molecule has 3 nitrogen and oxygen atoms in total. The van der Waals surface area contributed by atoms with Crippen molar-refractivity contribution in [1.29, 1.82) is 0 Å². The number of halogens is 1. The van der Waals surface area contributed by atoms with Gasteiger partial charge in [0.25, 0.3) is 0 Å². The fourth-order valence-corrected chi connectivity index (χ4v) is 2.81. The number of aliphatic hydroxyl groups is 1. The van der Waals surface area contributed by atoms with Crippen LogP contribution in [0.1, 0.15) is 25.5 Å². The highest BCUT2D eigenvalue weighted by Gasteiger charge is 2.23. The fraction of sp³-hybridized carbons (Fsp3) is 0.571. The molecule has 0 spiro atoms. The van der Waals surface area contributed by atoms with Crippen LogP contribution in [0.2, 0.25) is 5.02 Å². The quantitative estimate of drug-likeness (QED) is 0.893. The zero-order valence-electron chi connectivity index (χ0n) is 11.2. The Balaban J connectivity index is 2.23. The van der Waals surface area contributed by atoms with Crippen molar-refractivity contribution in [1.82, 2.24) is 4.90 Å². The largest absolute Gasteiger partial charge is 0.389 e. The van der Waals surface area contributed by atoms with Crippen LogP contribution in [0.4, 0.5) is 5.69 Å². The molecule has 1 fully saturated rings. The Labute approximate surface area is 114 Å². The molecule has 100 valence electrons. The minimum absolute atomic E-state index is 0.457. The first-order valence-corrected chi connectivity index (χ1v) is 6.79. The zero-order valence-corrected chi connectivity index (χ0v) is 12.0. The summed E-state index contributed by atoms with van der Waals surface area (Å²) < 4.78 is 0. The Kier molecular flexibility index (Phi) is 4.15. The molecule has 2 rings (SSSR count). The molecule has 0 saturated carbocycles. The zero-order chi connectivity index (χ0) is 13.3. The van der Waals surface area contributed by atoms with Crippen molar-refractivity contribution >= 4 is 17.3 Å². The summed E-state index contributed by atoms with van der Waals surface area (Å²) in [4.78, 5) is 4.67. The fourth-order valence-electron chi connectivity index (χ4n) is 2.51. The maximum Gasteiger partial charge on any atom is 0.0762 e. The van der Waals surface area contributed by atoms with Crippen molar-refractivity contribution in [3.63, 3.8) is 0 Å².